The van der Waals surface area contributed by atoms with E-state index in [1.54, 1.807) is 31.4 Å². The Balaban J connectivity index is 2.11. The fraction of sp³-hybridized carbons (Fsp3) is 0.273. The van der Waals surface area contributed by atoms with Crippen LogP contribution in [0.5, 0.6) is 5.75 Å². The van der Waals surface area contributed by atoms with Crippen LogP contribution in [0, 0.1) is 0 Å². The quantitative estimate of drug-likeness (QED) is 0.753. The Kier molecular flexibility index (Phi) is 2.86. The number of likely N-dealkylation sites (N-methyl/N-ethyl adjacent to an activating group) is 1. The van der Waals surface area contributed by atoms with Crippen LogP contribution < -0.4 is 15.4 Å². The summed E-state index contributed by atoms with van der Waals surface area (Å²) in [6.45, 7) is 0. The van der Waals surface area contributed by atoms with Crippen LogP contribution in [0.4, 0.5) is 10.5 Å². The maximum atomic E-state index is 11.6. The molecule has 1 aromatic rings. The van der Waals surface area contributed by atoms with Gasteiger partial charge in [0.15, 0.2) is 6.17 Å². The molecule has 1 unspecified atom stereocenters. The molecule has 1 aliphatic rings. The molecule has 0 radical (unpaired) electrons. The molecule has 6 nitrogen and oxygen atoms in total. The number of rotatable bonds is 3. The second-order valence-corrected chi connectivity index (χ2v) is 3.66. The highest BCUT2D eigenvalue weighted by Gasteiger charge is 2.35. The molecular formula is C11H13N3O3. The van der Waals surface area contributed by atoms with E-state index in [0.29, 0.717) is 11.4 Å². The third-order valence-electron chi connectivity index (χ3n) is 2.53. The van der Waals surface area contributed by atoms with Crippen LogP contribution in [0.15, 0.2) is 24.3 Å². The summed E-state index contributed by atoms with van der Waals surface area (Å²) in [6.07, 6.45) is -0.723. The van der Waals surface area contributed by atoms with Crippen molar-refractivity contribution in [3.05, 3.63) is 24.3 Å². The zero-order valence-corrected chi connectivity index (χ0v) is 9.56. The lowest BCUT2D eigenvalue weighted by Crippen LogP contribution is -2.36. The van der Waals surface area contributed by atoms with Crippen LogP contribution in [0.25, 0.3) is 0 Å². The molecule has 17 heavy (non-hydrogen) atoms. The third-order valence-corrected chi connectivity index (χ3v) is 2.53. The lowest BCUT2D eigenvalue weighted by atomic mass is 10.3. The molecule has 1 atom stereocenters. The molecule has 3 amide bonds. The van der Waals surface area contributed by atoms with Gasteiger partial charge < -0.3 is 15.4 Å². The molecule has 90 valence electrons. The fourth-order valence-electron chi connectivity index (χ4n) is 1.55. The van der Waals surface area contributed by atoms with Crippen molar-refractivity contribution < 1.29 is 14.3 Å². The van der Waals surface area contributed by atoms with E-state index in [1.807, 2.05) is 0 Å². The second-order valence-electron chi connectivity index (χ2n) is 3.66. The maximum Gasteiger partial charge on any atom is 0.325 e. The van der Waals surface area contributed by atoms with E-state index in [2.05, 4.69) is 10.6 Å². The SMILES string of the molecule is COc1cccc(NC2NC(=O)N(C)C2=O)c1. The minimum absolute atomic E-state index is 0.308. The summed E-state index contributed by atoms with van der Waals surface area (Å²) in [6, 6.07) is 6.73. The number of hydrogen-bond donors (Lipinski definition) is 2. The summed E-state index contributed by atoms with van der Waals surface area (Å²) in [5.41, 5.74) is 0.707. The highest BCUT2D eigenvalue weighted by molar-refractivity contribution is 6.04. The molecule has 1 heterocycles. The Morgan fingerprint density at radius 3 is 2.76 bits per heavy atom. The Labute approximate surface area is 98.5 Å². The number of urea groups is 1. The van der Waals surface area contributed by atoms with E-state index in [-0.39, 0.29) is 5.91 Å². The van der Waals surface area contributed by atoms with Crippen LogP contribution in [-0.2, 0) is 4.79 Å². The van der Waals surface area contributed by atoms with E-state index < -0.39 is 12.2 Å². The molecule has 2 N–H and O–H groups in total. The number of nitrogens with one attached hydrogen (secondary N) is 2. The van der Waals surface area contributed by atoms with Crippen molar-refractivity contribution in [1.82, 2.24) is 10.2 Å². The van der Waals surface area contributed by atoms with Gasteiger partial charge in [0, 0.05) is 18.8 Å². The Bertz CT molecular complexity index is 461. The predicted octanol–water partition coefficient (Wildman–Crippen LogP) is 0.615. The van der Waals surface area contributed by atoms with Gasteiger partial charge in [0.05, 0.1) is 7.11 Å². The molecule has 1 aromatic carbocycles. The largest absolute Gasteiger partial charge is 0.497 e. The van der Waals surface area contributed by atoms with Gasteiger partial charge in [-0.3, -0.25) is 9.69 Å². The predicted molar refractivity (Wildman–Crippen MR) is 61.7 cm³/mol. The van der Waals surface area contributed by atoms with Crippen molar-refractivity contribution >= 4 is 17.6 Å². The van der Waals surface area contributed by atoms with Crippen LogP contribution in [0.3, 0.4) is 0 Å². The number of nitrogens with zero attached hydrogens (tertiary/aromatic N) is 1. The van der Waals surface area contributed by atoms with Gasteiger partial charge in [-0.05, 0) is 12.1 Å². The van der Waals surface area contributed by atoms with Crippen molar-refractivity contribution in [2.24, 2.45) is 0 Å². The first-order valence-electron chi connectivity index (χ1n) is 5.10. The van der Waals surface area contributed by atoms with Gasteiger partial charge in [0.2, 0.25) is 0 Å². The summed E-state index contributed by atoms with van der Waals surface area (Å²) < 4.78 is 5.07. The maximum absolute atomic E-state index is 11.6. The normalized spacial score (nSPS) is 19.2. The van der Waals surface area contributed by atoms with Crippen molar-refractivity contribution in [3.8, 4) is 5.75 Å². The lowest BCUT2D eigenvalue weighted by Gasteiger charge is -2.12. The summed E-state index contributed by atoms with van der Waals surface area (Å²) >= 11 is 0. The number of anilines is 1. The standard InChI is InChI=1S/C11H13N3O3/c1-14-10(15)9(13-11(14)16)12-7-4-3-5-8(6-7)17-2/h3-6,9,12H,1-2H3,(H,13,16). The average Bonchev–Trinajstić information content (AvgIpc) is 2.57. The molecule has 0 saturated carbocycles. The van der Waals surface area contributed by atoms with Gasteiger partial charge >= 0.3 is 6.03 Å². The number of imide groups is 1. The zero-order valence-electron chi connectivity index (χ0n) is 9.56. The van der Waals surface area contributed by atoms with Crippen LogP contribution >= 0.6 is 0 Å². The molecule has 0 bridgehead atoms. The number of carbonyl (C=O) groups excluding carboxylic acids is 2. The highest BCUT2D eigenvalue weighted by Crippen LogP contribution is 2.18. The van der Waals surface area contributed by atoms with Crippen LogP contribution in [0.2, 0.25) is 0 Å². The highest BCUT2D eigenvalue weighted by atomic mass is 16.5. The number of amides is 3. The summed E-state index contributed by atoms with van der Waals surface area (Å²) in [5, 5.41) is 5.45. The first kappa shape index (κ1) is 11.3. The van der Waals surface area contributed by atoms with E-state index in [4.69, 9.17) is 4.74 Å². The molecule has 0 spiro atoms. The number of benzene rings is 1. The van der Waals surface area contributed by atoms with Crippen molar-refractivity contribution in [1.29, 1.82) is 0 Å². The molecule has 1 fully saturated rings. The van der Waals surface area contributed by atoms with E-state index in [9.17, 15) is 9.59 Å². The number of ether oxygens (including phenoxy) is 1. The molecule has 2 rings (SSSR count). The van der Waals surface area contributed by atoms with Crippen molar-refractivity contribution in [3.63, 3.8) is 0 Å². The van der Waals surface area contributed by atoms with Gasteiger partial charge in [0.1, 0.15) is 5.75 Å². The van der Waals surface area contributed by atoms with Crippen molar-refractivity contribution in [2.75, 3.05) is 19.5 Å². The minimum Gasteiger partial charge on any atom is -0.497 e. The first-order valence-corrected chi connectivity index (χ1v) is 5.10. The monoisotopic (exact) mass is 235 g/mol. The summed E-state index contributed by atoms with van der Waals surface area (Å²) in [5.74, 6) is 0.373. The number of hydrogen-bond acceptors (Lipinski definition) is 4. The van der Waals surface area contributed by atoms with Gasteiger partial charge in [-0.2, -0.15) is 0 Å². The molecule has 6 heteroatoms. The van der Waals surface area contributed by atoms with E-state index in [1.165, 1.54) is 7.05 Å². The topological polar surface area (TPSA) is 70.7 Å². The van der Waals surface area contributed by atoms with Gasteiger partial charge in [-0.1, -0.05) is 6.07 Å². The first-order chi connectivity index (χ1) is 8.11. The molecule has 0 aromatic heterocycles. The average molecular weight is 235 g/mol. The summed E-state index contributed by atoms with van der Waals surface area (Å²) in [7, 11) is 3.00. The molecular weight excluding hydrogens is 222 g/mol. The molecule has 1 aliphatic heterocycles. The van der Waals surface area contributed by atoms with E-state index >= 15 is 0 Å². The van der Waals surface area contributed by atoms with Crippen molar-refractivity contribution in [2.45, 2.75) is 6.17 Å². The molecule has 0 aliphatic carbocycles. The third kappa shape index (κ3) is 2.15. The fourth-order valence-corrected chi connectivity index (χ4v) is 1.55. The minimum atomic E-state index is -0.723. The van der Waals surface area contributed by atoms with Gasteiger partial charge in [-0.15, -0.1) is 0 Å². The number of methoxy groups -OCH3 is 1. The van der Waals surface area contributed by atoms with Crippen LogP contribution in [0.1, 0.15) is 0 Å². The van der Waals surface area contributed by atoms with Gasteiger partial charge in [0.25, 0.3) is 5.91 Å². The second kappa shape index (κ2) is 4.32. The Hall–Kier alpha value is -2.24. The smallest absolute Gasteiger partial charge is 0.325 e. The number of carbonyl (C=O) groups is 2. The van der Waals surface area contributed by atoms with E-state index in [0.717, 1.165) is 4.90 Å². The van der Waals surface area contributed by atoms with Gasteiger partial charge in [-0.25, -0.2) is 4.79 Å². The molecule has 1 saturated heterocycles. The zero-order chi connectivity index (χ0) is 12.4. The van der Waals surface area contributed by atoms with Crippen LogP contribution in [-0.4, -0.2) is 37.2 Å². The lowest BCUT2D eigenvalue weighted by molar-refractivity contribution is -0.125. The Morgan fingerprint density at radius 2 is 2.18 bits per heavy atom. The Morgan fingerprint density at radius 1 is 1.41 bits per heavy atom. The summed E-state index contributed by atoms with van der Waals surface area (Å²) in [4.78, 5) is 23.9.